The summed E-state index contributed by atoms with van der Waals surface area (Å²) in [6.07, 6.45) is 2.87. The molecule has 0 heterocycles. The smallest absolute Gasteiger partial charge is 0.124 e. The van der Waals surface area contributed by atoms with Crippen molar-refractivity contribution in [1.82, 2.24) is 5.32 Å². The summed E-state index contributed by atoms with van der Waals surface area (Å²) in [7, 11) is 4.97. The van der Waals surface area contributed by atoms with E-state index in [-0.39, 0.29) is 0 Å². The molecule has 1 aliphatic carbocycles. The van der Waals surface area contributed by atoms with E-state index < -0.39 is 6.10 Å². The van der Waals surface area contributed by atoms with Gasteiger partial charge in [-0.2, -0.15) is 0 Å². The minimum Gasteiger partial charge on any atom is -0.497 e. The molecule has 0 amide bonds. The Hall–Kier alpha value is -1.30. The van der Waals surface area contributed by atoms with Crippen LogP contribution in [0, 0.1) is 0 Å². The van der Waals surface area contributed by atoms with Crippen LogP contribution >= 0.6 is 0 Å². The molecule has 0 aromatic heterocycles. The largest absolute Gasteiger partial charge is 0.497 e. The van der Waals surface area contributed by atoms with Crippen LogP contribution in [0.15, 0.2) is 18.2 Å². The van der Waals surface area contributed by atoms with Gasteiger partial charge in [-0.05, 0) is 37.5 Å². The lowest BCUT2D eigenvalue weighted by Crippen LogP contribution is -2.31. The first kappa shape index (κ1) is 16.1. The van der Waals surface area contributed by atoms with Gasteiger partial charge in [-0.15, -0.1) is 0 Å². The molecule has 3 atom stereocenters. The Labute approximate surface area is 126 Å². The topological polar surface area (TPSA) is 60.0 Å². The van der Waals surface area contributed by atoms with Crippen LogP contribution in [-0.4, -0.2) is 45.1 Å². The Morgan fingerprint density at radius 2 is 2.05 bits per heavy atom. The van der Waals surface area contributed by atoms with Gasteiger partial charge in [0.15, 0.2) is 0 Å². The van der Waals surface area contributed by atoms with Gasteiger partial charge >= 0.3 is 0 Å². The molecule has 5 heteroatoms. The van der Waals surface area contributed by atoms with E-state index in [4.69, 9.17) is 14.2 Å². The van der Waals surface area contributed by atoms with Crippen molar-refractivity contribution in [2.24, 2.45) is 0 Å². The molecule has 118 valence electrons. The predicted molar refractivity (Wildman–Crippen MR) is 80.9 cm³/mol. The van der Waals surface area contributed by atoms with Crippen LogP contribution < -0.4 is 14.8 Å². The number of hydrogen-bond acceptors (Lipinski definition) is 5. The molecule has 5 nitrogen and oxygen atoms in total. The Kier molecular flexibility index (Phi) is 5.85. The van der Waals surface area contributed by atoms with Crippen molar-refractivity contribution in [3.05, 3.63) is 23.8 Å². The standard InChI is InChI=1S/C16H25NO4/c1-19-12-5-4-11(8-12)17-10-15(18)14-9-13(20-2)6-7-16(14)21-3/h6-7,9,11-12,15,17-18H,4-5,8,10H2,1-3H3. The summed E-state index contributed by atoms with van der Waals surface area (Å²) in [5.74, 6) is 1.39. The number of aliphatic hydroxyl groups excluding tert-OH is 1. The molecule has 1 saturated carbocycles. The first-order valence-corrected chi connectivity index (χ1v) is 7.34. The third kappa shape index (κ3) is 4.09. The van der Waals surface area contributed by atoms with Crippen LogP contribution in [-0.2, 0) is 4.74 Å². The maximum atomic E-state index is 10.4. The highest BCUT2D eigenvalue weighted by Gasteiger charge is 2.25. The summed E-state index contributed by atoms with van der Waals surface area (Å²) in [4.78, 5) is 0. The monoisotopic (exact) mass is 295 g/mol. The molecule has 1 fully saturated rings. The van der Waals surface area contributed by atoms with E-state index in [1.54, 1.807) is 21.3 Å². The summed E-state index contributed by atoms with van der Waals surface area (Å²) in [6, 6.07) is 5.86. The minimum atomic E-state index is -0.628. The van der Waals surface area contributed by atoms with E-state index in [1.807, 2.05) is 18.2 Å². The fourth-order valence-corrected chi connectivity index (χ4v) is 2.83. The zero-order chi connectivity index (χ0) is 15.2. The van der Waals surface area contributed by atoms with E-state index in [0.29, 0.717) is 30.2 Å². The second-order valence-corrected chi connectivity index (χ2v) is 5.40. The fraction of sp³-hybridized carbons (Fsp3) is 0.625. The minimum absolute atomic E-state index is 0.339. The number of aliphatic hydroxyl groups is 1. The second-order valence-electron chi connectivity index (χ2n) is 5.40. The van der Waals surface area contributed by atoms with Crippen LogP contribution in [0.25, 0.3) is 0 Å². The van der Waals surface area contributed by atoms with Crippen molar-refractivity contribution < 1.29 is 19.3 Å². The van der Waals surface area contributed by atoms with E-state index in [2.05, 4.69) is 5.32 Å². The second kappa shape index (κ2) is 7.64. The Morgan fingerprint density at radius 3 is 2.67 bits per heavy atom. The van der Waals surface area contributed by atoms with Gasteiger partial charge in [0.05, 0.1) is 26.4 Å². The van der Waals surface area contributed by atoms with E-state index in [1.165, 1.54) is 0 Å². The van der Waals surface area contributed by atoms with Crippen molar-refractivity contribution in [3.8, 4) is 11.5 Å². The molecular formula is C16H25NO4. The SMILES string of the molecule is COc1ccc(OC)c(C(O)CNC2CCC(OC)C2)c1. The number of benzene rings is 1. The molecule has 0 radical (unpaired) electrons. The van der Waals surface area contributed by atoms with Crippen LogP contribution in [0.1, 0.15) is 30.9 Å². The molecule has 1 aliphatic rings. The lowest BCUT2D eigenvalue weighted by atomic mass is 10.1. The van der Waals surface area contributed by atoms with Crippen LogP contribution in [0.2, 0.25) is 0 Å². The summed E-state index contributed by atoms with van der Waals surface area (Å²) in [5.41, 5.74) is 0.741. The van der Waals surface area contributed by atoms with Gasteiger partial charge in [-0.25, -0.2) is 0 Å². The van der Waals surface area contributed by atoms with E-state index in [0.717, 1.165) is 24.8 Å². The molecule has 21 heavy (non-hydrogen) atoms. The molecule has 0 bridgehead atoms. The van der Waals surface area contributed by atoms with Crippen molar-refractivity contribution >= 4 is 0 Å². The van der Waals surface area contributed by atoms with E-state index >= 15 is 0 Å². The average molecular weight is 295 g/mol. The Balaban J connectivity index is 1.95. The number of ether oxygens (including phenoxy) is 3. The molecular weight excluding hydrogens is 270 g/mol. The van der Waals surface area contributed by atoms with Crippen molar-refractivity contribution in [2.45, 2.75) is 37.5 Å². The van der Waals surface area contributed by atoms with E-state index in [9.17, 15) is 5.11 Å². The highest BCUT2D eigenvalue weighted by atomic mass is 16.5. The molecule has 1 aromatic rings. The maximum Gasteiger partial charge on any atom is 0.124 e. The third-order valence-corrected chi connectivity index (χ3v) is 4.11. The number of rotatable bonds is 7. The molecule has 2 rings (SSSR count). The Morgan fingerprint density at radius 1 is 1.24 bits per heavy atom. The van der Waals surface area contributed by atoms with Gasteiger partial charge in [0.1, 0.15) is 11.5 Å². The molecule has 0 spiro atoms. The van der Waals surface area contributed by atoms with Crippen LogP contribution in [0.5, 0.6) is 11.5 Å². The van der Waals surface area contributed by atoms with Crippen molar-refractivity contribution in [3.63, 3.8) is 0 Å². The lowest BCUT2D eigenvalue weighted by molar-refractivity contribution is 0.105. The van der Waals surface area contributed by atoms with Gasteiger partial charge in [0.2, 0.25) is 0 Å². The molecule has 2 N–H and O–H groups in total. The zero-order valence-corrected chi connectivity index (χ0v) is 13.0. The molecule has 0 saturated heterocycles. The summed E-state index contributed by atoms with van der Waals surface area (Å²) >= 11 is 0. The van der Waals surface area contributed by atoms with Gasteiger partial charge in [-0.1, -0.05) is 0 Å². The predicted octanol–water partition coefficient (Wildman–Crippen LogP) is 1.89. The summed E-state index contributed by atoms with van der Waals surface area (Å²) in [5, 5.41) is 13.8. The highest BCUT2D eigenvalue weighted by Crippen LogP contribution is 2.29. The molecule has 3 unspecified atom stereocenters. The third-order valence-electron chi connectivity index (χ3n) is 4.11. The van der Waals surface area contributed by atoms with Gasteiger partial charge in [0, 0.05) is 25.3 Å². The first-order valence-electron chi connectivity index (χ1n) is 7.34. The Bertz CT molecular complexity index is 452. The number of methoxy groups -OCH3 is 3. The lowest BCUT2D eigenvalue weighted by Gasteiger charge is -2.19. The molecule has 1 aromatic carbocycles. The zero-order valence-electron chi connectivity index (χ0n) is 13.0. The van der Waals surface area contributed by atoms with Crippen molar-refractivity contribution in [1.29, 1.82) is 0 Å². The fourth-order valence-electron chi connectivity index (χ4n) is 2.83. The quantitative estimate of drug-likeness (QED) is 0.804. The van der Waals surface area contributed by atoms with Gasteiger partial charge < -0.3 is 24.6 Å². The normalized spacial score (nSPS) is 23.0. The van der Waals surface area contributed by atoms with Gasteiger partial charge in [0.25, 0.3) is 0 Å². The average Bonchev–Trinajstić information content (AvgIpc) is 3.00. The number of hydrogen-bond donors (Lipinski definition) is 2. The van der Waals surface area contributed by atoms with Crippen LogP contribution in [0.3, 0.4) is 0 Å². The maximum absolute atomic E-state index is 10.4. The molecule has 0 aliphatic heterocycles. The first-order chi connectivity index (χ1) is 10.2. The summed E-state index contributed by atoms with van der Waals surface area (Å²) < 4.78 is 15.9. The number of nitrogens with one attached hydrogen (secondary N) is 1. The highest BCUT2D eigenvalue weighted by molar-refractivity contribution is 5.41. The van der Waals surface area contributed by atoms with Gasteiger partial charge in [-0.3, -0.25) is 0 Å². The van der Waals surface area contributed by atoms with Crippen LogP contribution in [0.4, 0.5) is 0 Å². The summed E-state index contributed by atoms with van der Waals surface area (Å²) in [6.45, 7) is 0.491. The van der Waals surface area contributed by atoms with Crippen molar-refractivity contribution in [2.75, 3.05) is 27.9 Å².